The number of carbonyl (C=O) groups excluding carboxylic acids is 2. The fourth-order valence-electron chi connectivity index (χ4n) is 2.19. The SMILES string of the molecule is CCOC(=O)C1(C(=O)OCC)COC(c2ccccc2)OC1. The number of benzene rings is 1. The first-order chi connectivity index (χ1) is 10.6. The van der Waals surface area contributed by atoms with E-state index in [-0.39, 0.29) is 26.4 Å². The zero-order chi connectivity index (χ0) is 16.0. The fourth-order valence-corrected chi connectivity index (χ4v) is 2.19. The van der Waals surface area contributed by atoms with Crippen LogP contribution in [0.2, 0.25) is 0 Å². The molecule has 6 nitrogen and oxygen atoms in total. The molecule has 1 aliphatic rings. The van der Waals surface area contributed by atoms with Gasteiger partial charge in [0.15, 0.2) is 6.29 Å². The summed E-state index contributed by atoms with van der Waals surface area (Å²) < 4.78 is 21.2. The number of carbonyl (C=O) groups is 2. The van der Waals surface area contributed by atoms with Crippen LogP contribution in [0.5, 0.6) is 0 Å². The number of ether oxygens (including phenoxy) is 4. The molecular weight excluding hydrogens is 288 g/mol. The van der Waals surface area contributed by atoms with Crippen molar-refractivity contribution in [2.45, 2.75) is 20.1 Å². The second-order valence-corrected chi connectivity index (χ2v) is 4.89. The second-order valence-electron chi connectivity index (χ2n) is 4.89. The lowest BCUT2D eigenvalue weighted by atomic mass is 9.89. The third kappa shape index (κ3) is 3.28. The van der Waals surface area contributed by atoms with E-state index in [1.165, 1.54) is 0 Å². The normalized spacial score (nSPS) is 17.7. The molecule has 0 radical (unpaired) electrons. The summed E-state index contributed by atoms with van der Waals surface area (Å²) in [5, 5.41) is 0. The minimum atomic E-state index is -1.56. The number of rotatable bonds is 5. The third-order valence-corrected chi connectivity index (χ3v) is 3.37. The van der Waals surface area contributed by atoms with Gasteiger partial charge in [-0.1, -0.05) is 30.3 Å². The minimum absolute atomic E-state index is 0.135. The molecule has 0 unspecified atom stereocenters. The third-order valence-electron chi connectivity index (χ3n) is 3.37. The Hall–Kier alpha value is -1.92. The van der Waals surface area contributed by atoms with E-state index in [0.717, 1.165) is 5.56 Å². The van der Waals surface area contributed by atoms with Crippen molar-refractivity contribution in [3.8, 4) is 0 Å². The molecule has 1 heterocycles. The van der Waals surface area contributed by atoms with Crippen molar-refractivity contribution >= 4 is 11.9 Å². The predicted molar refractivity (Wildman–Crippen MR) is 76.8 cm³/mol. The number of hydrogen-bond acceptors (Lipinski definition) is 6. The van der Waals surface area contributed by atoms with Crippen LogP contribution in [-0.4, -0.2) is 38.4 Å². The summed E-state index contributed by atoms with van der Waals surface area (Å²) in [5.74, 6) is -1.36. The summed E-state index contributed by atoms with van der Waals surface area (Å²) in [7, 11) is 0. The summed E-state index contributed by atoms with van der Waals surface area (Å²) in [4.78, 5) is 24.4. The second kappa shape index (κ2) is 7.38. The smallest absolute Gasteiger partial charge is 0.328 e. The van der Waals surface area contributed by atoms with Crippen LogP contribution in [0.1, 0.15) is 25.7 Å². The van der Waals surface area contributed by atoms with Crippen LogP contribution in [0.3, 0.4) is 0 Å². The van der Waals surface area contributed by atoms with E-state index >= 15 is 0 Å². The van der Waals surface area contributed by atoms with Crippen molar-refractivity contribution < 1.29 is 28.5 Å². The highest BCUT2D eigenvalue weighted by atomic mass is 16.7. The van der Waals surface area contributed by atoms with Gasteiger partial charge in [0.25, 0.3) is 0 Å². The van der Waals surface area contributed by atoms with Gasteiger partial charge in [-0.25, -0.2) is 0 Å². The Labute approximate surface area is 129 Å². The topological polar surface area (TPSA) is 71.1 Å². The van der Waals surface area contributed by atoms with Crippen LogP contribution in [0.4, 0.5) is 0 Å². The monoisotopic (exact) mass is 308 g/mol. The van der Waals surface area contributed by atoms with E-state index in [9.17, 15) is 9.59 Å². The van der Waals surface area contributed by atoms with Crippen molar-refractivity contribution in [1.82, 2.24) is 0 Å². The summed E-state index contributed by atoms with van der Waals surface area (Å²) in [6.45, 7) is 3.42. The minimum Gasteiger partial charge on any atom is -0.465 e. The molecule has 1 aromatic rings. The fraction of sp³-hybridized carbons (Fsp3) is 0.500. The molecule has 1 aliphatic heterocycles. The Morgan fingerprint density at radius 3 is 2.00 bits per heavy atom. The molecule has 0 N–H and O–H groups in total. The lowest BCUT2D eigenvalue weighted by molar-refractivity contribution is -0.243. The van der Waals surface area contributed by atoms with Crippen molar-refractivity contribution in [3.63, 3.8) is 0 Å². The first kappa shape index (κ1) is 16.5. The van der Waals surface area contributed by atoms with Gasteiger partial charge in [-0.05, 0) is 13.8 Å². The van der Waals surface area contributed by atoms with E-state index in [1.807, 2.05) is 30.3 Å². The van der Waals surface area contributed by atoms with E-state index in [1.54, 1.807) is 13.8 Å². The summed E-state index contributed by atoms with van der Waals surface area (Å²) in [6, 6.07) is 9.31. The highest BCUT2D eigenvalue weighted by molar-refractivity contribution is 6.00. The Balaban J connectivity index is 2.13. The quantitative estimate of drug-likeness (QED) is 0.610. The zero-order valence-electron chi connectivity index (χ0n) is 12.7. The van der Waals surface area contributed by atoms with Crippen LogP contribution < -0.4 is 0 Å². The van der Waals surface area contributed by atoms with Gasteiger partial charge >= 0.3 is 11.9 Å². The van der Waals surface area contributed by atoms with Gasteiger partial charge in [0, 0.05) is 5.56 Å². The number of esters is 2. The Bertz CT molecular complexity index is 485. The van der Waals surface area contributed by atoms with E-state index in [2.05, 4.69) is 0 Å². The van der Waals surface area contributed by atoms with Gasteiger partial charge in [0.05, 0.1) is 26.4 Å². The van der Waals surface area contributed by atoms with E-state index in [4.69, 9.17) is 18.9 Å². The molecule has 22 heavy (non-hydrogen) atoms. The molecule has 120 valence electrons. The molecule has 0 spiro atoms. The van der Waals surface area contributed by atoms with Crippen LogP contribution in [0.25, 0.3) is 0 Å². The first-order valence-electron chi connectivity index (χ1n) is 7.26. The molecule has 0 amide bonds. The molecule has 0 saturated carbocycles. The van der Waals surface area contributed by atoms with Gasteiger partial charge in [-0.2, -0.15) is 0 Å². The van der Waals surface area contributed by atoms with Crippen LogP contribution in [0, 0.1) is 5.41 Å². The zero-order valence-corrected chi connectivity index (χ0v) is 12.7. The van der Waals surface area contributed by atoms with Crippen molar-refractivity contribution in [2.75, 3.05) is 26.4 Å². The van der Waals surface area contributed by atoms with Gasteiger partial charge in [-0.15, -0.1) is 0 Å². The lowest BCUT2D eigenvalue weighted by Gasteiger charge is -2.36. The average molecular weight is 308 g/mol. The van der Waals surface area contributed by atoms with Gasteiger partial charge in [0.2, 0.25) is 5.41 Å². The lowest BCUT2D eigenvalue weighted by Crippen LogP contribution is -2.52. The molecular formula is C16H20O6. The van der Waals surface area contributed by atoms with Crippen LogP contribution in [-0.2, 0) is 28.5 Å². The molecule has 6 heteroatoms. The molecule has 0 bridgehead atoms. The maximum atomic E-state index is 12.2. The maximum Gasteiger partial charge on any atom is 0.328 e. The van der Waals surface area contributed by atoms with Gasteiger partial charge < -0.3 is 18.9 Å². The van der Waals surface area contributed by atoms with Crippen molar-refractivity contribution in [2.24, 2.45) is 5.41 Å². The van der Waals surface area contributed by atoms with Crippen LogP contribution >= 0.6 is 0 Å². The Morgan fingerprint density at radius 1 is 1.05 bits per heavy atom. The van der Waals surface area contributed by atoms with Gasteiger partial charge in [0.1, 0.15) is 0 Å². The highest BCUT2D eigenvalue weighted by Crippen LogP contribution is 2.34. The molecule has 1 fully saturated rings. The summed E-state index contributed by atoms with van der Waals surface area (Å²) in [5.41, 5.74) is -0.735. The highest BCUT2D eigenvalue weighted by Gasteiger charge is 2.53. The van der Waals surface area contributed by atoms with E-state index in [0.29, 0.717) is 0 Å². The standard InChI is InChI=1S/C16H20O6/c1-3-19-14(17)16(15(18)20-4-2)10-21-13(22-11-16)12-8-6-5-7-9-12/h5-9,13H,3-4,10-11H2,1-2H3. The largest absolute Gasteiger partial charge is 0.465 e. The maximum absolute atomic E-state index is 12.2. The van der Waals surface area contributed by atoms with Crippen molar-refractivity contribution in [1.29, 1.82) is 0 Å². The van der Waals surface area contributed by atoms with Crippen molar-refractivity contribution in [3.05, 3.63) is 35.9 Å². The molecule has 1 saturated heterocycles. The average Bonchev–Trinajstić information content (AvgIpc) is 2.56. The van der Waals surface area contributed by atoms with Gasteiger partial charge in [-0.3, -0.25) is 9.59 Å². The molecule has 0 aliphatic carbocycles. The van der Waals surface area contributed by atoms with Crippen LogP contribution in [0.15, 0.2) is 30.3 Å². The summed E-state index contributed by atoms with van der Waals surface area (Å²) in [6.07, 6.45) is -0.613. The predicted octanol–water partition coefficient (Wildman–Crippen LogP) is 1.84. The Kier molecular flexibility index (Phi) is 5.51. The summed E-state index contributed by atoms with van der Waals surface area (Å²) >= 11 is 0. The number of hydrogen-bond donors (Lipinski definition) is 0. The van der Waals surface area contributed by atoms with E-state index < -0.39 is 23.6 Å². The molecule has 2 rings (SSSR count). The first-order valence-corrected chi connectivity index (χ1v) is 7.26. The molecule has 0 aromatic heterocycles. The molecule has 1 aromatic carbocycles. The molecule has 0 atom stereocenters. The Morgan fingerprint density at radius 2 is 1.55 bits per heavy atom.